The number of H-pyrrole nitrogens is 1. The molecule has 2 aromatic carbocycles. The quantitative estimate of drug-likeness (QED) is 0.157. The number of rotatable bonds is 11. The third-order valence-electron chi connectivity index (χ3n) is 6.35. The average Bonchev–Trinajstić information content (AvgIpc) is 3.43. The summed E-state index contributed by atoms with van der Waals surface area (Å²) in [6, 6.07) is 13.4. The van der Waals surface area contributed by atoms with E-state index in [4.69, 9.17) is 9.47 Å². The Labute approximate surface area is 232 Å². The number of aromatic amines is 1. The number of nitrogens with one attached hydrogen (secondary N) is 2. The second-order valence-corrected chi connectivity index (χ2v) is 9.17. The Bertz CT molecular complexity index is 1660. The molecule has 0 saturated carbocycles. The van der Waals surface area contributed by atoms with Crippen LogP contribution >= 0.6 is 0 Å². The minimum absolute atomic E-state index is 0.0126. The molecule has 2 N–H and O–H groups in total. The van der Waals surface area contributed by atoms with Gasteiger partial charge < -0.3 is 24.7 Å². The summed E-state index contributed by atoms with van der Waals surface area (Å²) in [7, 11) is 0. The van der Waals surface area contributed by atoms with Crippen molar-refractivity contribution in [2.24, 2.45) is 0 Å². The molecule has 40 heavy (non-hydrogen) atoms. The van der Waals surface area contributed by atoms with Crippen LogP contribution < -0.4 is 14.8 Å². The molecule has 0 aliphatic heterocycles. The molecule has 0 aliphatic rings. The number of hydrogen-bond donors (Lipinski definition) is 2. The number of aromatic nitrogens is 5. The predicted octanol–water partition coefficient (Wildman–Crippen LogP) is 5.94. The van der Waals surface area contributed by atoms with Crippen molar-refractivity contribution in [2.45, 2.75) is 27.2 Å². The fourth-order valence-electron chi connectivity index (χ4n) is 4.30. The second-order valence-electron chi connectivity index (χ2n) is 9.17. The zero-order valence-electron chi connectivity index (χ0n) is 22.7. The Morgan fingerprint density at radius 3 is 2.77 bits per heavy atom. The lowest BCUT2D eigenvalue weighted by atomic mass is 10.2. The van der Waals surface area contributed by atoms with Crippen LogP contribution in [-0.2, 0) is 4.79 Å². The molecule has 0 atom stereocenters. The lowest BCUT2D eigenvalue weighted by Gasteiger charge is -2.19. The third kappa shape index (κ3) is 6.17. The normalized spacial score (nSPS) is 11.3. The summed E-state index contributed by atoms with van der Waals surface area (Å²) in [6.07, 6.45) is 8.87. The lowest BCUT2D eigenvalue weighted by Crippen LogP contribution is -2.31. The van der Waals surface area contributed by atoms with E-state index in [0.29, 0.717) is 48.7 Å². The summed E-state index contributed by atoms with van der Waals surface area (Å²) in [6.45, 7) is 7.54. The molecule has 0 radical (unpaired) electrons. The fourth-order valence-corrected chi connectivity index (χ4v) is 4.30. The topological polar surface area (TPSA) is 118 Å². The zero-order valence-corrected chi connectivity index (χ0v) is 22.7. The highest BCUT2D eigenvalue weighted by Gasteiger charge is 2.11. The molecule has 3 heterocycles. The lowest BCUT2D eigenvalue weighted by molar-refractivity contribution is -0.126. The number of anilines is 2. The number of amides is 1. The number of hydrogen-bond acceptors (Lipinski definition) is 8. The van der Waals surface area contributed by atoms with Gasteiger partial charge in [0.2, 0.25) is 5.91 Å². The van der Waals surface area contributed by atoms with Crippen molar-refractivity contribution < 1.29 is 14.3 Å². The van der Waals surface area contributed by atoms with Crippen molar-refractivity contribution in [3.05, 3.63) is 79.0 Å². The van der Waals surface area contributed by atoms with Crippen LogP contribution in [0.1, 0.15) is 25.8 Å². The Balaban J connectivity index is 1.22. The first-order valence-electron chi connectivity index (χ1n) is 13.2. The van der Waals surface area contributed by atoms with Gasteiger partial charge >= 0.3 is 0 Å². The van der Waals surface area contributed by atoms with Gasteiger partial charge in [0, 0.05) is 30.9 Å². The van der Waals surface area contributed by atoms with Crippen LogP contribution in [0.4, 0.5) is 11.5 Å². The summed E-state index contributed by atoms with van der Waals surface area (Å²) in [5, 5.41) is 3.34. The summed E-state index contributed by atoms with van der Waals surface area (Å²) in [5.41, 5.74) is 4.93. The van der Waals surface area contributed by atoms with E-state index < -0.39 is 0 Å². The second kappa shape index (κ2) is 12.2. The van der Waals surface area contributed by atoms with Crippen molar-refractivity contribution in [3.8, 4) is 17.2 Å². The molecule has 0 bridgehead atoms. The van der Waals surface area contributed by atoms with E-state index in [2.05, 4.69) is 30.2 Å². The number of aryl methyl sites for hydroxylation is 1. The molecule has 204 valence electrons. The highest BCUT2D eigenvalue weighted by Crippen LogP contribution is 2.30. The minimum atomic E-state index is 0.0126. The van der Waals surface area contributed by atoms with E-state index in [1.54, 1.807) is 29.6 Å². The van der Waals surface area contributed by atoms with Crippen molar-refractivity contribution >= 4 is 39.5 Å². The van der Waals surface area contributed by atoms with E-state index in [-0.39, 0.29) is 5.91 Å². The largest absolute Gasteiger partial charge is 0.492 e. The van der Waals surface area contributed by atoms with Crippen LogP contribution in [0.2, 0.25) is 0 Å². The van der Waals surface area contributed by atoms with Gasteiger partial charge in [0.25, 0.3) is 0 Å². The third-order valence-corrected chi connectivity index (χ3v) is 6.35. The van der Waals surface area contributed by atoms with Crippen molar-refractivity contribution in [3.63, 3.8) is 0 Å². The van der Waals surface area contributed by atoms with Gasteiger partial charge in [0.1, 0.15) is 29.1 Å². The van der Waals surface area contributed by atoms with E-state index in [1.165, 1.54) is 6.33 Å². The number of carbonyl (C=O) groups excluding carboxylic acids is 1. The highest BCUT2D eigenvalue weighted by molar-refractivity contribution is 5.88. The molecule has 0 spiro atoms. The van der Waals surface area contributed by atoms with E-state index in [1.807, 2.05) is 63.2 Å². The van der Waals surface area contributed by atoms with Crippen molar-refractivity contribution in [1.82, 2.24) is 29.8 Å². The smallest absolute Gasteiger partial charge is 0.246 e. The molecule has 0 unspecified atom stereocenters. The number of imidazole rings is 1. The van der Waals surface area contributed by atoms with Crippen LogP contribution in [0.5, 0.6) is 17.2 Å². The SMILES string of the molecule is C/C=C/C(=O)N(CC)CCCOc1cnc2c(Nc3ccc(Oc4ccc5nc[nH]c5c4)c(C)c3)ncnc2c1. The number of allylic oxidation sites excluding steroid dienone is 1. The summed E-state index contributed by atoms with van der Waals surface area (Å²) in [4.78, 5) is 34.5. The van der Waals surface area contributed by atoms with Crippen LogP contribution in [0.3, 0.4) is 0 Å². The number of carbonyl (C=O) groups is 1. The minimum Gasteiger partial charge on any atom is -0.492 e. The predicted molar refractivity (Wildman–Crippen MR) is 155 cm³/mol. The molecule has 1 amide bonds. The molecule has 0 saturated heterocycles. The maximum Gasteiger partial charge on any atom is 0.246 e. The Morgan fingerprint density at radius 2 is 1.95 bits per heavy atom. The van der Waals surface area contributed by atoms with Gasteiger partial charge in [0.15, 0.2) is 5.82 Å². The van der Waals surface area contributed by atoms with Crippen molar-refractivity contribution in [2.75, 3.05) is 25.0 Å². The van der Waals surface area contributed by atoms with Crippen LogP contribution in [-0.4, -0.2) is 55.4 Å². The first-order chi connectivity index (χ1) is 19.5. The molecule has 5 rings (SSSR count). The molecule has 3 aromatic heterocycles. The Morgan fingerprint density at radius 1 is 1.05 bits per heavy atom. The maximum absolute atomic E-state index is 12.0. The van der Waals surface area contributed by atoms with Gasteiger partial charge in [0.05, 0.1) is 35.7 Å². The zero-order chi connectivity index (χ0) is 27.9. The molecular weight excluding hydrogens is 506 g/mol. The van der Waals surface area contributed by atoms with Gasteiger partial charge in [-0.05, 0) is 69.2 Å². The first kappa shape index (κ1) is 26.6. The molecule has 10 nitrogen and oxygen atoms in total. The van der Waals surface area contributed by atoms with Crippen LogP contribution in [0, 0.1) is 6.92 Å². The van der Waals surface area contributed by atoms with Crippen LogP contribution in [0.15, 0.2) is 73.5 Å². The number of likely N-dealkylation sites (N-methyl/N-ethyl adjacent to an activating group) is 1. The van der Waals surface area contributed by atoms with Gasteiger partial charge in [-0.15, -0.1) is 0 Å². The number of pyridine rings is 1. The molecule has 0 fully saturated rings. The Hall–Kier alpha value is -4.99. The number of fused-ring (bicyclic) bond motifs is 2. The molecule has 10 heteroatoms. The molecule has 0 aliphatic carbocycles. The monoisotopic (exact) mass is 537 g/mol. The summed E-state index contributed by atoms with van der Waals surface area (Å²) >= 11 is 0. The summed E-state index contributed by atoms with van der Waals surface area (Å²) < 4.78 is 12.0. The average molecular weight is 538 g/mol. The summed E-state index contributed by atoms with van der Waals surface area (Å²) in [5.74, 6) is 2.71. The van der Waals surface area contributed by atoms with E-state index in [0.717, 1.165) is 33.8 Å². The van der Waals surface area contributed by atoms with Gasteiger partial charge in [-0.2, -0.15) is 0 Å². The van der Waals surface area contributed by atoms with Gasteiger partial charge in [-0.1, -0.05) is 6.08 Å². The maximum atomic E-state index is 12.0. The van der Waals surface area contributed by atoms with Gasteiger partial charge in [-0.25, -0.2) is 19.9 Å². The number of ether oxygens (including phenoxy) is 2. The highest BCUT2D eigenvalue weighted by atomic mass is 16.5. The standard InChI is InChI=1S/C30H31N7O3/c1-4-7-28(38)37(5-2)12-6-13-39-23-16-26-29(31-17-23)30(35-19-34-26)36-21-8-11-27(20(3)14-21)40-22-9-10-24-25(15-22)33-18-32-24/h4,7-11,14-19H,5-6,12-13H2,1-3H3,(H,32,33)(H,34,35,36)/b7-4+. The number of benzene rings is 2. The number of nitrogens with zero attached hydrogens (tertiary/aromatic N) is 5. The van der Waals surface area contributed by atoms with Gasteiger partial charge in [-0.3, -0.25) is 4.79 Å². The van der Waals surface area contributed by atoms with E-state index >= 15 is 0 Å². The van der Waals surface area contributed by atoms with E-state index in [9.17, 15) is 4.79 Å². The van der Waals surface area contributed by atoms with Crippen molar-refractivity contribution in [1.29, 1.82) is 0 Å². The van der Waals surface area contributed by atoms with Crippen LogP contribution in [0.25, 0.3) is 22.1 Å². The molecule has 5 aromatic rings. The Kier molecular flexibility index (Phi) is 8.15. The first-order valence-corrected chi connectivity index (χ1v) is 13.2. The molecular formula is C30H31N7O3. The fraction of sp³-hybridized carbons (Fsp3) is 0.233.